The zero-order valence-corrected chi connectivity index (χ0v) is 10.1. The fraction of sp³-hybridized carbons (Fsp3) is 0.636. The van der Waals surface area contributed by atoms with Crippen LogP contribution in [0.3, 0.4) is 0 Å². The van der Waals surface area contributed by atoms with Crippen LogP contribution in [0.15, 0.2) is 15.8 Å². The minimum atomic E-state index is -0.912. The van der Waals surface area contributed by atoms with Gasteiger partial charge in [-0.1, -0.05) is 0 Å². The maximum absolute atomic E-state index is 11.7. The van der Waals surface area contributed by atoms with Crippen LogP contribution in [0.25, 0.3) is 0 Å². The Hall–Kier alpha value is -1.40. The lowest BCUT2D eigenvalue weighted by Crippen LogP contribution is -2.42. The lowest BCUT2D eigenvalue weighted by Gasteiger charge is -2.26. The van der Waals surface area contributed by atoms with Crippen molar-refractivity contribution in [3.05, 3.63) is 32.6 Å². The molecule has 0 amide bonds. The number of ether oxygens (including phenoxy) is 1. The molecule has 2 heterocycles. The van der Waals surface area contributed by atoms with Crippen LogP contribution in [0.1, 0.15) is 25.8 Å². The number of aromatic nitrogens is 2. The molecule has 1 fully saturated rings. The van der Waals surface area contributed by atoms with E-state index in [-0.39, 0.29) is 6.10 Å². The molecule has 0 bridgehead atoms. The molecular formula is C11H16N2O4. The van der Waals surface area contributed by atoms with Crippen molar-refractivity contribution >= 4 is 0 Å². The van der Waals surface area contributed by atoms with Crippen LogP contribution < -0.4 is 11.2 Å². The normalized spacial score (nSPS) is 32.9. The summed E-state index contributed by atoms with van der Waals surface area (Å²) in [6, 6.07) is 0. The molecule has 1 aromatic heterocycles. The number of aromatic amines is 1. The molecule has 0 aromatic carbocycles. The molecule has 1 aromatic rings. The zero-order valence-electron chi connectivity index (χ0n) is 10.1. The van der Waals surface area contributed by atoms with Gasteiger partial charge in [-0.3, -0.25) is 14.3 Å². The van der Waals surface area contributed by atoms with Gasteiger partial charge >= 0.3 is 5.69 Å². The summed E-state index contributed by atoms with van der Waals surface area (Å²) in [6.07, 6.45) is 0.837. The van der Waals surface area contributed by atoms with Crippen LogP contribution in [0.2, 0.25) is 0 Å². The first kappa shape index (κ1) is 12.1. The van der Waals surface area contributed by atoms with Crippen LogP contribution in [0.4, 0.5) is 0 Å². The van der Waals surface area contributed by atoms with Crippen molar-refractivity contribution in [2.24, 2.45) is 0 Å². The van der Waals surface area contributed by atoms with Crippen molar-refractivity contribution < 1.29 is 9.84 Å². The molecule has 0 unspecified atom stereocenters. The second-order valence-corrected chi connectivity index (χ2v) is 4.71. The lowest BCUT2D eigenvalue weighted by molar-refractivity contribution is -0.0864. The Morgan fingerprint density at radius 2 is 2.24 bits per heavy atom. The molecule has 0 spiro atoms. The predicted molar refractivity (Wildman–Crippen MR) is 60.9 cm³/mol. The smallest absolute Gasteiger partial charge is 0.330 e. The molecule has 2 N–H and O–H groups in total. The number of aliphatic hydroxyl groups excluding tert-OH is 1. The van der Waals surface area contributed by atoms with E-state index in [1.807, 2.05) is 0 Å². The maximum Gasteiger partial charge on any atom is 0.330 e. The van der Waals surface area contributed by atoms with E-state index in [0.717, 1.165) is 0 Å². The van der Waals surface area contributed by atoms with Gasteiger partial charge in [0, 0.05) is 18.2 Å². The van der Waals surface area contributed by atoms with E-state index in [1.54, 1.807) is 20.8 Å². The zero-order chi connectivity index (χ0) is 12.8. The largest absolute Gasteiger partial charge is 0.390 e. The van der Waals surface area contributed by atoms with E-state index in [9.17, 15) is 14.7 Å². The number of H-pyrrole nitrogens is 1. The average molecular weight is 240 g/mol. The highest BCUT2D eigenvalue weighted by molar-refractivity contribution is 5.03. The van der Waals surface area contributed by atoms with Gasteiger partial charge in [-0.15, -0.1) is 0 Å². The highest BCUT2D eigenvalue weighted by atomic mass is 16.5. The minimum absolute atomic E-state index is 0.319. The number of hydrogen-bond donors (Lipinski definition) is 2. The molecule has 94 valence electrons. The SMILES string of the molecule is Cc1cn([C@@]2(C)C[C@H](O)[C@@H](C)O2)c(=O)[nH]c1=O. The highest BCUT2D eigenvalue weighted by Gasteiger charge is 2.42. The quantitative estimate of drug-likeness (QED) is 0.705. The molecule has 0 saturated carbocycles. The minimum Gasteiger partial charge on any atom is -0.390 e. The van der Waals surface area contributed by atoms with E-state index in [2.05, 4.69) is 4.98 Å². The van der Waals surface area contributed by atoms with Crippen LogP contribution in [0, 0.1) is 6.92 Å². The first-order chi connectivity index (χ1) is 7.83. The highest BCUT2D eigenvalue weighted by Crippen LogP contribution is 2.33. The van der Waals surface area contributed by atoms with Crippen LogP contribution >= 0.6 is 0 Å². The van der Waals surface area contributed by atoms with Crippen molar-refractivity contribution in [1.29, 1.82) is 0 Å². The van der Waals surface area contributed by atoms with E-state index in [4.69, 9.17) is 4.74 Å². The Morgan fingerprint density at radius 3 is 2.76 bits per heavy atom. The van der Waals surface area contributed by atoms with Gasteiger partial charge in [0.2, 0.25) is 0 Å². The summed E-state index contributed by atoms with van der Waals surface area (Å²) in [4.78, 5) is 25.3. The second-order valence-electron chi connectivity index (χ2n) is 4.71. The number of rotatable bonds is 1. The van der Waals surface area contributed by atoms with Crippen molar-refractivity contribution in [3.63, 3.8) is 0 Å². The summed E-state index contributed by atoms with van der Waals surface area (Å²) in [5.41, 5.74) is -1.40. The average Bonchev–Trinajstić information content (AvgIpc) is 2.48. The topological polar surface area (TPSA) is 84.3 Å². The Kier molecular flexibility index (Phi) is 2.71. The van der Waals surface area contributed by atoms with Crippen molar-refractivity contribution in [1.82, 2.24) is 9.55 Å². The second kappa shape index (κ2) is 3.82. The van der Waals surface area contributed by atoms with Gasteiger partial charge < -0.3 is 9.84 Å². The standard InChI is InChI=1S/C11H16N2O4/c1-6-5-13(10(16)12-9(6)15)11(3)4-8(14)7(2)17-11/h5,7-8,14H,4H2,1-3H3,(H,12,15,16)/t7-,8+,11-/m1/s1. The fourth-order valence-electron chi connectivity index (χ4n) is 2.15. The van der Waals surface area contributed by atoms with Crippen molar-refractivity contribution in [3.8, 4) is 0 Å². The summed E-state index contributed by atoms with van der Waals surface area (Å²) in [5.74, 6) is 0. The third-order valence-electron chi connectivity index (χ3n) is 3.20. The Balaban J connectivity index is 2.52. The molecule has 6 heteroatoms. The predicted octanol–water partition coefficient (Wildman–Crippen LogP) is -0.313. The Bertz CT molecular complexity index is 535. The third kappa shape index (κ3) is 1.94. The monoisotopic (exact) mass is 240 g/mol. The van der Waals surface area contributed by atoms with E-state index in [1.165, 1.54) is 10.8 Å². The molecule has 1 saturated heterocycles. The number of aliphatic hydroxyl groups is 1. The lowest BCUT2D eigenvalue weighted by atomic mass is 10.1. The first-order valence-electron chi connectivity index (χ1n) is 5.52. The molecule has 6 nitrogen and oxygen atoms in total. The molecule has 1 aliphatic heterocycles. The first-order valence-corrected chi connectivity index (χ1v) is 5.52. The van der Waals surface area contributed by atoms with E-state index >= 15 is 0 Å². The summed E-state index contributed by atoms with van der Waals surface area (Å²) < 4.78 is 6.94. The van der Waals surface area contributed by atoms with Crippen LogP contribution in [-0.4, -0.2) is 26.9 Å². The molecule has 17 heavy (non-hydrogen) atoms. The summed E-state index contributed by atoms with van der Waals surface area (Å²) >= 11 is 0. The fourth-order valence-corrected chi connectivity index (χ4v) is 2.15. The number of nitrogens with zero attached hydrogens (tertiary/aromatic N) is 1. The molecule has 3 atom stereocenters. The van der Waals surface area contributed by atoms with Gasteiger partial charge in [0.05, 0.1) is 12.2 Å². The Morgan fingerprint density at radius 1 is 1.59 bits per heavy atom. The van der Waals surface area contributed by atoms with Gasteiger partial charge in [0.25, 0.3) is 5.56 Å². The van der Waals surface area contributed by atoms with Crippen molar-refractivity contribution in [2.45, 2.75) is 45.1 Å². The van der Waals surface area contributed by atoms with Gasteiger partial charge in [-0.25, -0.2) is 4.79 Å². The third-order valence-corrected chi connectivity index (χ3v) is 3.20. The van der Waals surface area contributed by atoms with Gasteiger partial charge in [0.1, 0.15) is 5.72 Å². The van der Waals surface area contributed by atoms with Gasteiger partial charge in [-0.2, -0.15) is 0 Å². The number of hydrogen-bond acceptors (Lipinski definition) is 4. The molecule has 1 aliphatic rings. The van der Waals surface area contributed by atoms with Crippen molar-refractivity contribution in [2.75, 3.05) is 0 Å². The maximum atomic E-state index is 11.7. The summed E-state index contributed by atoms with van der Waals surface area (Å²) in [7, 11) is 0. The molecular weight excluding hydrogens is 224 g/mol. The summed E-state index contributed by atoms with van der Waals surface area (Å²) in [6.45, 7) is 5.09. The van der Waals surface area contributed by atoms with E-state index < -0.39 is 23.1 Å². The number of nitrogens with one attached hydrogen (secondary N) is 1. The van der Waals surface area contributed by atoms with Crippen LogP contribution in [-0.2, 0) is 10.5 Å². The Labute approximate surface area is 97.9 Å². The summed E-state index contributed by atoms with van der Waals surface area (Å²) in [5, 5.41) is 9.70. The molecule has 0 aliphatic carbocycles. The van der Waals surface area contributed by atoms with Gasteiger partial charge in [0.15, 0.2) is 0 Å². The van der Waals surface area contributed by atoms with Gasteiger partial charge in [-0.05, 0) is 20.8 Å². The molecule has 0 radical (unpaired) electrons. The van der Waals surface area contributed by atoms with Crippen LogP contribution in [0.5, 0.6) is 0 Å². The van der Waals surface area contributed by atoms with E-state index in [0.29, 0.717) is 12.0 Å². The molecule has 2 rings (SSSR count). The number of aryl methyl sites for hydroxylation is 1.